The topological polar surface area (TPSA) is 84.5 Å². The van der Waals surface area contributed by atoms with E-state index in [2.05, 4.69) is 26.0 Å². The maximum Gasteiger partial charge on any atom is 0.262 e. The lowest BCUT2D eigenvalue weighted by atomic mass is 10.2. The molecule has 3 rings (SSSR count). The van der Waals surface area contributed by atoms with Gasteiger partial charge >= 0.3 is 0 Å². The van der Waals surface area contributed by atoms with Gasteiger partial charge in [-0.3, -0.25) is 9.52 Å². The van der Waals surface area contributed by atoms with Crippen molar-refractivity contribution in [2.75, 3.05) is 17.1 Å². The SMILES string of the molecule is COc1ccc(NC(=O)c2ccccc2Br)cc1NS(=O)(=O)c1ccc(F)cc1. The molecular formula is C20H16BrFN2O4S. The Labute approximate surface area is 175 Å². The summed E-state index contributed by atoms with van der Waals surface area (Å²) in [6.07, 6.45) is 0. The largest absolute Gasteiger partial charge is 0.495 e. The van der Waals surface area contributed by atoms with Gasteiger partial charge in [0.1, 0.15) is 11.6 Å². The fraction of sp³-hybridized carbons (Fsp3) is 0.0500. The van der Waals surface area contributed by atoms with Crippen LogP contribution in [0.15, 0.2) is 76.1 Å². The number of hydrogen-bond donors (Lipinski definition) is 2. The van der Waals surface area contributed by atoms with Gasteiger partial charge in [0.15, 0.2) is 0 Å². The molecule has 0 atom stereocenters. The summed E-state index contributed by atoms with van der Waals surface area (Å²) in [5, 5.41) is 2.71. The number of carbonyl (C=O) groups excluding carboxylic acids is 1. The molecule has 3 aromatic rings. The van der Waals surface area contributed by atoms with Crippen molar-refractivity contribution in [3.05, 3.63) is 82.6 Å². The molecule has 150 valence electrons. The molecule has 9 heteroatoms. The molecule has 0 aliphatic carbocycles. The summed E-state index contributed by atoms with van der Waals surface area (Å²) in [7, 11) is -2.59. The van der Waals surface area contributed by atoms with Gasteiger partial charge in [0.25, 0.3) is 15.9 Å². The van der Waals surface area contributed by atoms with Crippen molar-refractivity contribution in [2.45, 2.75) is 4.90 Å². The number of carbonyl (C=O) groups is 1. The third kappa shape index (κ3) is 4.93. The molecule has 3 aromatic carbocycles. The van der Waals surface area contributed by atoms with Crippen LogP contribution in [0.4, 0.5) is 15.8 Å². The Morgan fingerprint density at radius 1 is 1.03 bits per heavy atom. The second-order valence-electron chi connectivity index (χ2n) is 5.91. The van der Waals surface area contributed by atoms with Crippen LogP contribution in [0.5, 0.6) is 5.75 Å². The van der Waals surface area contributed by atoms with Crippen LogP contribution in [0.3, 0.4) is 0 Å². The molecule has 0 radical (unpaired) electrons. The number of ether oxygens (including phenoxy) is 1. The average Bonchev–Trinajstić information content (AvgIpc) is 2.68. The Bertz CT molecular complexity index is 1150. The lowest BCUT2D eigenvalue weighted by Gasteiger charge is -2.14. The Kier molecular flexibility index (Phi) is 6.19. The van der Waals surface area contributed by atoms with Crippen LogP contribution in [-0.2, 0) is 10.0 Å². The Balaban J connectivity index is 1.88. The van der Waals surface area contributed by atoms with Crippen molar-refractivity contribution in [3.8, 4) is 5.75 Å². The van der Waals surface area contributed by atoms with E-state index in [4.69, 9.17) is 4.74 Å². The average molecular weight is 479 g/mol. The molecule has 0 bridgehead atoms. The van der Waals surface area contributed by atoms with E-state index in [0.29, 0.717) is 15.7 Å². The summed E-state index contributed by atoms with van der Waals surface area (Å²) >= 11 is 3.32. The van der Waals surface area contributed by atoms with Gasteiger partial charge in [-0.25, -0.2) is 12.8 Å². The molecule has 0 spiro atoms. The van der Waals surface area contributed by atoms with Crippen molar-refractivity contribution in [1.82, 2.24) is 0 Å². The molecule has 0 unspecified atom stereocenters. The van der Waals surface area contributed by atoms with Gasteiger partial charge in [0, 0.05) is 10.2 Å². The van der Waals surface area contributed by atoms with Gasteiger partial charge in [-0.2, -0.15) is 0 Å². The first-order chi connectivity index (χ1) is 13.8. The maximum absolute atomic E-state index is 13.1. The molecule has 0 saturated heterocycles. The van der Waals surface area contributed by atoms with Crippen LogP contribution < -0.4 is 14.8 Å². The summed E-state index contributed by atoms with van der Waals surface area (Å²) in [6.45, 7) is 0. The minimum absolute atomic E-state index is 0.108. The molecule has 29 heavy (non-hydrogen) atoms. The maximum atomic E-state index is 13.1. The smallest absolute Gasteiger partial charge is 0.262 e. The van der Waals surface area contributed by atoms with Crippen molar-refractivity contribution in [2.24, 2.45) is 0 Å². The third-order valence-electron chi connectivity index (χ3n) is 3.94. The van der Waals surface area contributed by atoms with Crippen LogP contribution in [-0.4, -0.2) is 21.4 Å². The molecule has 0 heterocycles. The summed E-state index contributed by atoms with van der Waals surface area (Å²) in [4.78, 5) is 12.4. The molecule has 0 fully saturated rings. The zero-order valence-corrected chi connectivity index (χ0v) is 17.6. The first-order valence-corrected chi connectivity index (χ1v) is 10.6. The van der Waals surface area contributed by atoms with Crippen molar-refractivity contribution in [3.63, 3.8) is 0 Å². The predicted octanol–water partition coefficient (Wildman–Crippen LogP) is 4.65. The Morgan fingerprint density at radius 3 is 2.38 bits per heavy atom. The zero-order chi connectivity index (χ0) is 21.0. The third-order valence-corrected chi connectivity index (χ3v) is 6.02. The van der Waals surface area contributed by atoms with E-state index in [1.165, 1.54) is 19.2 Å². The first kappa shape index (κ1) is 20.8. The normalized spacial score (nSPS) is 11.0. The van der Waals surface area contributed by atoms with Crippen LogP contribution in [0.1, 0.15) is 10.4 Å². The molecule has 0 saturated carbocycles. The van der Waals surface area contributed by atoms with Crippen LogP contribution in [0.25, 0.3) is 0 Å². The minimum Gasteiger partial charge on any atom is -0.495 e. The zero-order valence-electron chi connectivity index (χ0n) is 15.1. The van der Waals surface area contributed by atoms with E-state index in [0.717, 1.165) is 24.3 Å². The van der Waals surface area contributed by atoms with Gasteiger partial charge in [-0.1, -0.05) is 12.1 Å². The highest BCUT2D eigenvalue weighted by molar-refractivity contribution is 9.10. The van der Waals surface area contributed by atoms with Crippen LogP contribution in [0.2, 0.25) is 0 Å². The molecule has 1 amide bonds. The summed E-state index contributed by atoms with van der Waals surface area (Å²) < 4.78 is 46.5. The summed E-state index contributed by atoms with van der Waals surface area (Å²) in [5.41, 5.74) is 0.918. The van der Waals surface area contributed by atoms with E-state index >= 15 is 0 Å². The van der Waals surface area contributed by atoms with Crippen LogP contribution in [0, 0.1) is 5.82 Å². The molecule has 2 N–H and O–H groups in total. The monoisotopic (exact) mass is 478 g/mol. The fourth-order valence-electron chi connectivity index (χ4n) is 2.53. The van der Waals surface area contributed by atoms with E-state index in [-0.39, 0.29) is 22.2 Å². The molecule has 0 aliphatic heterocycles. The number of sulfonamides is 1. The molecule has 6 nitrogen and oxygen atoms in total. The number of methoxy groups -OCH3 is 1. The number of rotatable bonds is 6. The van der Waals surface area contributed by atoms with Gasteiger partial charge in [0.2, 0.25) is 0 Å². The number of anilines is 2. The predicted molar refractivity (Wildman–Crippen MR) is 112 cm³/mol. The van der Waals surface area contributed by atoms with E-state index < -0.39 is 15.8 Å². The second-order valence-corrected chi connectivity index (χ2v) is 8.45. The number of nitrogens with one attached hydrogen (secondary N) is 2. The van der Waals surface area contributed by atoms with Gasteiger partial charge in [-0.05, 0) is 70.5 Å². The summed E-state index contributed by atoms with van der Waals surface area (Å²) in [5.74, 6) is -0.650. The van der Waals surface area contributed by atoms with Gasteiger partial charge in [0.05, 0.1) is 23.3 Å². The highest BCUT2D eigenvalue weighted by Crippen LogP contribution is 2.30. The number of hydrogen-bond acceptors (Lipinski definition) is 4. The Morgan fingerprint density at radius 2 is 1.72 bits per heavy atom. The molecular weight excluding hydrogens is 463 g/mol. The molecule has 0 aliphatic rings. The van der Waals surface area contributed by atoms with Crippen molar-refractivity contribution >= 4 is 43.2 Å². The van der Waals surface area contributed by atoms with E-state index in [1.807, 2.05) is 0 Å². The van der Waals surface area contributed by atoms with Crippen LogP contribution >= 0.6 is 15.9 Å². The van der Waals surface area contributed by atoms with Gasteiger partial charge < -0.3 is 10.1 Å². The lowest BCUT2D eigenvalue weighted by molar-refractivity contribution is 0.102. The standard InChI is InChI=1S/C20H16BrFN2O4S/c1-28-19-11-8-14(23-20(25)16-4-2-3-5-17(16)21)12-18(19)24-29(26,27)15-9-6-13(22)7-10-15/h2-12,24H,1H3,(H,23,25). The highest BCUT2D eigenvalue weighted by Gasteiger charge is 2.18. The van der Waals surface area contributed by atoms with E-state index in [1.54, 1.807) is 30.3 Å². The number of halogens is 2. The number of amides is 1. The van der Waals surface area contributed by atoms with Gasteiger partial charge in [-0.15, -0.1) is 0 Å². The van der Waals surface area contributed by atoms with Crippen molar-refractivity contribution in [1.29, 1.82) is 0 Å². The quantitative estimate of drug-likeness (QED) is 0.539. The lowest BCUT2D eigenvalue weighted by Crippen LogP contribution is -2.15. The Hall–Kier alpha value is -2.91. The summed E-state index contributed by atoms with van der Waals surface area (Å²) in [6, 6.07) is 15.9. The molecule has 0 aromatic heterocycles. The second kappa shape index (κ2) is 8.62. The fourth-order valence-corrected chi connectivity index (χ4v) is 4.05. The highest BCUT2D eigenvalue weighted by atomic mass is 79.9. The first-order valence-electron chi connectivity index (χ1n) is 8.32. The minimum atomic E-state index is -3.98. The number of benzene rings is 3. The van der Waals surface area contributed by atoms with Crippen molar-refractivity contribution < 1.29 is 22.3 Å². The van der Waals surface area contributed by atoms with E-state index in [9.17, 15) is 17.6 Å².